The molecule has 0 amide bonds. The second-order valence-corrected chi connectivity index (χ2v) is 7.84. The molecule has 4 heterocycles. The molecule has 1 aliphatic rings. The zero-order valence-electron chi connectivity index (χ0n) is 21.1. The van der Waals surface area contributed by atoms with Gasteiger partial charge in [-0.05, 0) is 0 Å². The predicted molar refractivity (Wildman–Crippen MR) is 131 cm³/mol. The molecule has 1 N–H and O–H groups in total. The summed E-state index contributed by atoms with van der Waals surface area (Å²) in [5, 5.41) is 0. The molecule has 0 aromatic carbocycles. The minimum atomic E-state index is -1.26. The van der Waals surface area contributed by atoms with E-state index in [0.29, 0.717) is 40.0 Å². The Bertz CT molecular complexity index is 1360. The molecule has 0 radical (unpaired) electrons. The van der Waals surface area contributed by atoms with Crippen molar-refractivity contribution in [2.45, 2.75) is 19.6 Å². The fraction of sp³-hybridized carbons (Fsp3) is 0.333. The third-order valence-corrected chi connectivity index (χ3v) is 4.87. The van der Waals surface area contributed by atoms with Crippen LogP contribution in [0.15, 0.2) is 40.4 Å². The highest BCUT2D eigenvalue weighted by atomic mass is 16.7. The number of pyridine rings is 3. The van der Waals surface area contributed by atoms with Crippen LogP contribution in [-0.4, -0.2) is 67.3 Å². The van der Waals surface area contributed by atoms with Crippen LogP contribution in [0.3, 0.4) is 0 Å². The zero-order valence-corrected chi connectivity index (χ0v) is 21.1. The van der Waals surface area contributed by atoms with Gasteiger partial charge >= 0.3 is 11.9 Å². The molecule has 1 fully saturated rings. The third kappa shape index (κ3) is 6.31. The molecule has 3 aromatic heterocycles. The number of rotatable bonds is 6. The van der Waals surface area contributed by atoms with E-state index >= 15 is 0 Å². The number of fused-ring (bicyclic) bond motifs is 1. The van der Waals surface area contributed by atoms with E-state index in [-0.39, 0.29) is 5.43 Å². The molecule has 0 saturated carbocycles. The third-order valence-electron chi connectivity index (χ3n) is 4.87. The number of methoxy groups -OCH3 is 4. The Morgan fingerprint density at radius 2 is 1.57 bits per heavy atom. The van der Waals surface area contributed by atoms with Crippen molar-refractivity contribution in [3.63, 3.8) is 0 Å². The number of esters is 2. The predicted octanol–water partition coefficient (Wildman–Crippen LogP) is 2.19. The Balaban J connectivity index is 0.000000220. The molecule has 1 saturated heterocycles. The van der Waals surface area contributed by atoms with Crippen molar-refractivity contribution in [1.82, 2.24) is 15.0 Å². The van der Waals surface area contributed by atoms with Gasteiger partial charge in [0.1, 0.15) is 5.52 Å². The first-order valence-corrected chi connectivity index (χ1v) is 10.8. The van der Waals surface area contributed by atoms with E-state index < -0.39 is 23.6 Å². The number of nitrogens with zero attached hydrogens (tertiary/aromatic N) is 3. The van der Waals surface area contributed by atoms with Crippen molar-refractivity contribution in [3.05, 3.63) is 40.8 Å². The Labute approximate surface area is 211 Å². The van der Waals surface area contributed by atoms with E-state index in [2.05, 4.69) is 19.9 Å². The average Bonchev–Trinajstić information content (AvgIpc) is 2.87. The monoisotopic (exact) mass is 514 g/mol. The van der Waals surface area contributed by atoms with Gasteiger partial charge in [0, 0.05) is 44.5 Å². The quantitative estimate of drug-likeness (QED) is 0.292. The summed E-state index contributed by atoms with van der Waals surface area (Å²) in [5.41, 5.74) is 1.21. The Morgan fingerprint density at radius 3 is 2.16 bits per heavy atom. The van der Waals surface area contributed by atoms with Crippen LogP contribution < -0.4 is 24.4 Å². The largest absolute Gasteiger partial charge is 0.491 e. The van der Waals surface area contributed by atoms with Crippen LogP contribution in [0.2, 0.25) is 0 Å². The number of nitrogens with one attached hydrogen (secondary N) is 1. The van der Waals surface area contributed by atoms with Crippen LogP contribution in [0.1, 0.15) is 13.8 Å². The summed E-state index contributed by atoms with van der Waals surface area (Å²) in [6, 6.07) is 4.66. The van der Waals surface area contributed by atoms with E-state index in [4.69, 9.17) is 28.4 Å². The van der Waals surface area contributed by atoms with Gasteiger partial charge in [-0.3, -0.25) is 19.4 Å². The summed E-state index contributed by atoms with van der Waals surface area (Å²) in [5.74, 6) is -2.40. The van der Waals surface area contributed by atoms with Crippen LogP contribution in [0.25, 0.3) is 11.0 Å². The minimum absolute atomic E-state index is 0.148. The molecule has 0 spiro atoms. The van der Waals surface area contributed by atoms with Gasteiger partial charge in [-0.1, -0.05) is 0 Å². The lowest BCUT2D eigenvalue weighted by atomic mass is 10.1. The second-order valence-electron chi connectivity index (χ2n) is 7.84. The zero-order chi connectivity index (χ0) is 27.2. The number of hydrogen-bond acceptors (Lipinski definition) is 12. The maximum Gasteiger partial charge on any atom is 0.329 e. The van der Waals surface area contributed by atoms with Gasteiger partial charge in [-0.2, -0.15) is 0 Å². The Hall–Kier alpha value is -4.68. The summed E-state index contributed by atoms with van der Waals surface area (Å²) >= 11 is 0. The lowest BCUT2D eigenvalue weighted by Gasteiger charge is -2.31. The van der Waals surface area contributed by atoms with Gasteiger partial charge in [-0.15, -0.1) is 0 Å². The highest BCUT2D eigenvalue weighted by Crippen LogP contribution is 2.29. The summed E-state index contributed by atoms with van der Waals surface area (Å²) < 4.78 is 30.2. The van der Waals surface area contributed by atoms with Crippen LogP contribution in [0, 0.1) is 5.92 Å². The SMILES string of the molecule is COc1cc(N=CC2C(=O)OC(C)(C)OC2=O)cnc1OC.COc1cc2[nH]ccc(=O)c2nc1OC. The van der Waals surface area contributed by atoms with Crippen LogP contribution in [0.4, 0.5) is 5.69 Å². The topological polar surface area (TPSA) is 161 Å². The lowest BCUT2D eigenvalue weighted by Crippen LogP contribution is -2.46. The molecule has 0 atom stereocenters. The number of aromatic nitrogens is 3. The van der Waals surface area contributed by atoms with Crippen molar-refractivity contribution in [2.24, 2.45) is 10.9 Å². The van der Waals surface area contributed by atoms with Gasteiger partial charge < -0.3 is 33.4 Å². The fourth-order valence-electron chi connectivity index (χ4n) is 3.16. The number of cyclic esters (lactones) is 2. The maximum absolute atomic E-state index is 11.8. The smallest absolute Gasteiger partial charge is 0.329 e. The molecule has 0 aliphatic carbocycles. The van der Waals surface area contributed by atoms with Crippen molar-refractivity contribution < 1.29 is 38.0 Å². The molecule has 3 aromatic rings. The van der Waals surface area contributed by atoms with Crippen LogP contribution >= 0.6 is 0 Å². The molecule has 0 unspecified atom stereocenters. The summed E-state index contributed by atoms with van der Waals surface area (Å²) in [6.45, 7) is 2.96. The number of H-pyrrole nitrogens is 1. The average molecular weight is 514 g/mol. The van der Waals surface area contributed by atoms with Gasteiger partial charge in [0.2, 0.25) is 5.43 Å². The number of hydrogen-bond donors (Lipinski definition) is 1. The number of aromatic amines is 1. The fourth-order valence-corrected chi connectivity index (χ4v) is 3.16. The molecular formula is C24H26N4O9. The molecule has 0 bridgehead atoms. The molecular weight excluding hydrogens is 488 g/mol. The molecule has 4 rings (SSSR count). The van der Waals surface area contributed by atoms with E-state index in [1.807, 2.05) is 0 Å². The van der Waals surface area contributed by atoms with E-state index in [9.17, 15) is 14.4 Å². The number of carbonyl (C=O) groups excluding carboxylic acids is 2. The van der Waals surface area contributed by atoms with Crippen molar-refractivity contribution >= 4 is 34.9 Å². The molecule has 37 heavy (non-hydrogen) atoms. The van der Waals surface area contributed by atoms with E-state index in [1.54, 1.807) is 18.3 Å². The first-order valence-electron chi connectivity index (χ1n) is 10.8. The molecule has 13 heteroatoms. The van der Waals surface area contributed by atoms with E-state index in [0.717, 1.165) is 6.21 Å². The van der Waals surface area contributed by atoms with E-state index in [1.165, 1.54) is 54.5 Å². The standard InChI is InChI=1S/C14H16N2O6.C10H10N2O3/c1-14(2)21-12(17)9(13(18)22-14)7-15-8-5-10(19-3)11(20-4)16-6-8;1-14-8-5-6-9(12-10(8)15-2)7(13)3-4-11-6/h5-7,9H,1-4H3;3-5H,1-2H3,(H,11,13). The first kappa shape index (κ1) is 26.9. The molecule has 13 nitrogen and oxygen atoms in total. The highest BCUT2D eigenvalue weighted by Gasteiger charge is 2.42. The lowest BCUT2D eigenvalue weighted by molar-refractivity contribution is -0.235. The second kappa shape index (κ2) is 11.4. The van der Waals surface area contributed by atoms with Gasteiger partial charge in [0.05, 0.1) is 45.8 Å². The van der Waals surface area contributed by atoms with Gasteiger partial charge in [0.25, 0.3) is 17.5 Å². The van der Waals surface area contributed by atoms with Gasteiger partial charge in [0.15, 0.2) is 17.4 Å². The number of aliphatic imine (C=N–C) groups is 1. The van der Waals surface area contributed by atoms with Crippen molar-refractivity contribution in [3.8, 4) is 23.3 Å². The Kier molecular flexibility index (Phi) is 8.27. The van der Waals surface area contributed by atoms with Crippen molar-refractivity contribution in [2.75, 3.05) is 28.4 Å². The maximum atomic E-state index is 11.8. The number of carbonyl (C=O) groups is 2. The van der Waals surface area contributed by atoms with Crippen LogP contribution in [-0.2, 0) is 19.1 Å². The summed E-state index contributed by atoms with van der Waals surface area (Å²) in [4.78, 5) is 50.1. The van der Waals surface area contributed by atoms with Crippen molar-refractivity contribution in [1.29, 1.82) is 0 Å². The van der Waals surface area contributed by atoms with Gasteiger partial charge in [-0.25, -0.2) is 9.97 Å². The summed E-state index contributed by atoms with van der Waals surface area (Å²) in [7, 11) is 5.93. The minimum Gasteiger partial charge on any atom is -0.491 e. The first-order chi connectivity index (χ1) is 17.6. The number of ether oxygens (including phenoxy) is 6. The highest BCUT2D eigenvalue weighted by molar-refractivity contribution is 6.10. The molecule has 1 aliphatic heterocycles. The Morgan fingerprint density at radius 1 is 0.946 bits per heavy atom. The molecule has 196 valence electrons. The summed E-state index contributed by atoms with van der Waals surface area (Å²) in [6.07, 6.45) is 4.14. The normalized spacial score (nSPS) is 14.9. The van der Waals surface area contributed by atoms with Crippen LogP contribution in [0.5, 0.6) is 23.3 Å².